The maximum Gasteiger partial charge on any atom is 0.186 e. The molecule has 0 aromatic heterocycles. The summed E-state index contributed by atoms with van der Waals surface area (Å²) in [5, 5.41) is 0. The highest BCUT2D eigenvalue weighted by molar-refractivity contribution is 5.18. The molecule has 6 aromatic rings. The Kier molecular flexibility index (Phi) is 17.5. The van der Waals surface area contributed by atoms with E-state index in [4.69, 9.17) is 47.4 Å². The van der Waals surface area contributed by atoms with Crippen LogP contribution in [0.3, 0.4) is 0 Å². The van der Waals surface area contributed by atoms with Crippen molar-refractivity contribution in [1.82, 2.24) is 0 Å². The first-order chi connectivity index (χ1) is 32.1. The van der Waals surface area contributed by atoms with Crippen LogP contribution in [0.4, 0.5) is 0 Å². The zero-order chi connectivity index (χ0) is 44.5. The van der Waals surface area contributed by atoms with Gasteiger partial charge in [0.25, 0.3) is 0 Å². The lowest BCUT2D eigenvalue weighted by molar-refractivity contribution is -0.347. The molecule has 6 aromatic carbocycles. The molecule has 0 unspecified atom stereocenters. The maximum atomic E-state index is 6.90. The van der Waals surface area contributed by atoms with Crippen LogP contribution < -0.4 is 0 Å². The van der Waals surface area contributed by atoms with E-state index in [0.717, 1.165) is 33.4 Å². The summed E-state index contributed by atoms with van der Waals surface area (Å²) >= 11 is 0. The molecule has 0 N–H and O–H groups in total. The van der Waals surface area contributed by atoms with Crippen LogP contribution in [-0.2, 0) is 87.0 Å². The highest BCUT2D eigenvalue weighted by atomic mass is 16.7. The molecule has 8 rings (SSSR count). The quantitative estimate of drug-likeness (QED) is 0.0657. The molecule has 65 heavy (non-hydrogen) atoms. The second-order valence-electron chi connectivity index (χ2n) is 16.4. The van der Waals surface area contributed by atoms with Crippen LogP contribution >= 0.6 is 0 Å². The Balaban J connectivity index is 1.09. The fourth-order valence-electron chi connectivity index (χ4n) is 8.26. The Morgan fingerprint density at radius 3 is 0.969 bits per heavy atom. The van der Waals surface area contributed by atoms with Gasteiger partial charge in [-0.05, 0) is 40.3 Å². The largest absolute Gasteiger partial charge is 0.368 e. The van der Waals surface area contributed by atoms with Crippen LogP contribution in [-0.4, -0.2) is 75.1 Å². The highest BCUT2D eigenvalue weighted by Crippen LogP contribution is 2.34. The van der Waals surface area contributed by atoms with E-state index in [0.29, 0.717) is 39.6 Å². The molecule has 10 heteroatoms. The van der Waals surface area contributed by atoms with Gasteiger partial charge in [-0.1, -0.05) is 182 Å². The highest BCUT2D eigenvalue weighted by Gasteiger charge is 2.51. The summed E-state index contributed by atoms with van der Waals surface area (Å²) in [4.78, 5) is 0. The van der Waals surface area contributed by atoms with E-state index in [9.17, 15) is 0 Å². The number of methoxy groups -OCH3 is 1. The summed E-state index contributed by atoms with van der Waals surface area (Å²) in [6, 6.07) is 60.4. The molecular weight excluding hydrogens is 821 g/mol. The Morgan fingerprint density at radius 1 is 0.323 bits per heavy atom. The molecule has 0 radical (unpaired) electrons. The minimum absolute atomic E-state index is 0.0411. The van der Waals surface area contributed by atoms with E-state index in [1.54, 1.807) is 7.11 Å². The van der Waals surface area contributed by atoms with Gasteiger partial charge in [-0.15, -0.1) is 0 Å². The average Bonchev–Trinajstić information content (AvgIpc) is 3.36. The molecule has 0 amide bonds. The van der Waals surface area contributed by atoms with Crippen LogP contribution in [0.2, 0.25) is 0 Å². The first-order valence-electron chi connectivity index (χ1n) is 22.5. The first kappa shape index (κ1) is 46.4. The van der Waals surface area contributed by atoms with Crippen molar-refractivity contribution < 1.29 is 47.4 Å². The second-order valence-corrected chi connectivity index (χ2v) is 16.4. The van der Waals surface area contributed by atoms with Crippen molar-refractivity contribution in [2.75, 3.05) is 13.7 Å². The third kappa shape index (κ3) is 13.3. The van der Waals surface area contributed by atoms with E-state index < -0.39 is 61.4 Å². The van der Waals surface area contributed by atoms with Crippen molar-refractivity contribution in [2.24, 2.45) is 0 Å². The van der Waals surface area contributed by atoms with E-state index in [1.807, 2.05) is 189 Å². The van der Waals surface area contributed by atoms with Crippen molar-refractivity contribution in [1.29, 1.82) is 0 Å². The summed E-state index contributed by atoms with van der Waals surface area (Å²) < 4.78 is 67.4. The van der Waals surface area contributed by atoms with Gasteiger partial charge in [-0.2, -0.15) is 0 Å². The second kappa shape index (κ2) is 24.4. The number of rotatable bonds is 22. The van der Waals surface area contributed by atoms with Crippen LogP contribution in [0.1, 0.15) is 40.3 Å². The molecule has 2 aliphatic heterocycles. The standard InChI is InChI=1S/C55H60O10/c1-40-48(57-33-41-21-9-3-10-22-41)50(59-35-43-25-13-5-14-26-43)53(62-38-46-31-19-8-20-32-46)55(64-40)63-39-47-49(58-34-42-23-11-4-12-24-42)51(60-36-44-27-15-6-16-28-44)52(54(56-2)65-47)61-37-45-29-17-7-18-30-45/h3-32,40,47-55H,33-39H2,1-2H3/t40-,47-,48+,49-,50+,51+,52-,53-,54-,55-/m1/s1. The predicted octanol–water partition coefficient (Wildman–Crippen LogP) is 9.63. The molecule has 2 saturated heterocycles. The van der Waals surface area contributed by atoms with E-state index in [2.05, 4.69) is 0 Å². The van der Waals surface area contributed by atoms with Crippen molar-refractivity contribution in [3.63, 3.8) is 0 Å². The van der Waals surface area contributed by atoms with Crippen molar-refractivity contribution in [2.45, 2.75) is 108 Å². The van der Waals surface area contributed by atoms with E-state index in [-0.39, 0.29) is 6.61 Å². The minimum atomic E-state index is -0.888. The molecule has 2 fully saturated rings. The van der Waals surface area contributed by atoms with Gasteiger partial charge in [0.15, 0.2) is 12.6 Å². The molecule has 2 aliphatic rings. The molecule has 340 valence electrons. The SMILES string of the molecule is CO[C@@H]1O[C@H](CO[C@@H]2O[C@H](C)[C@H](OCc3ccccc3)[C@H](OCc3ccccc3)[C@H]2OCc2ccccc2)[C@@H](OCc2ccccc2)[C@H](OCc2ccccc2)[C@H]1OCc1ccccc1. The van der Waals surface area contributed by atoms with Gasteiger partial charge in [-0.25, -0.2) is 0 Å². The Labute approximate surface area is 383 Å². The van der Waals surface area contributed by atoms with Crippen LogP contribution in [0, 0.1) is 0 Å². The van der Waals surface area contributed by atoms with Crippen LogP contribution in [0.5, 0.6) is 0 Å². The van der Waals surface area contributed by atoms with Crippen LogP contribution in [0.25, 0.3) is 0 Å². The Hall–Kier alpha value is -5.08. The van der Waals surface area contributed by atoms with Crippen molar-refractivity contribution >= 4 is 0 Å². The zero-order valence-corrected chi connectivity index (χ0v) is 37.1. The molecule has 0 aliphatic carbocycles. The summed E-state index contributed by atoms with van der Waals surface area (Å²) in [6.45, 7) is 3.97. The summed E-state index contributed by atoms with van der Waals surface area (Å²) in [6.07, 6.45) is -6.59. The Morgan fingerprint density at radius 2 is 0.615 bits per heavy atom. The molecule has 0 saturated carbocycles. The minimum Gasteiger partial charge on any atom is -0.368 e. The summed E-state index contributed by atoms with van der Waals surface area (Å²) in [5.74, 6) is 0. The smallest absolute Gasteiger partial charge is 0.186 e. The van der Waals surface area contributed by atoms with Gasteiger partial charge in [0.2, 0.25) is 0 Å². The molecule has 2 heterocycles. The normalized spacial score (nSPS) is 25.6. The van der Waals surface area contributed by atoms with Crippen molar-refractivity contribution in [3.8, 4) is 0 Å². The number of ether oxygens (including phenoxy) is 10. The lowest BCUT2D eigenvalue weighted by Gasteiger charge is -2.47. The van der Waals surface area contributed by atoms with Gasteiger partial charge in [-0.3, -0.25) is 0 Å². The summed E-state index contributed by atoms with van der Waals surface area (Å²) in [7, 11) is 1.62. The number of hydrogen-bond donors (Lipinski definition) is 0. The topological polar surface area (TPSA) is 92.3 Å². The summed E-state index contributed by atoms with van der Waals surface area (Å²) in [5.41, 5.74) is 6.09. The van der Waals surface area contributed by atoms with E-state index >= 15 is 0 Å². The van der Waals surface area contributed by atoms with E-state index in [1.165, 1.54) is 0 Å². The third-order valence-corrected chi connectivity index (χ3v) is 11.7. The van der Waals surface area contributed by atoms with Crippen molar-refractivity contribution in [3.05, 3.63) is 215 Å². The fraction of sp³-hybridized carbons (Fsp3) is 0.345. The number of hydrogen-bond acceptors (Lipinski definition) is 10. The molecule has 0 spiro atoms. The van der Waals surface area contributed by atoms with Gasteiger partial charge in [0.1, 0.15) is 42.7 Å². The van der Waals surface area contributed by atoms with Crippen LogP contribution in [0.15, 0.2) is 182 Å². The van der Waals surface area contributed by atoms with Gasteiger partial charge in [0.05, 0.1) is 52.4 Å². The molecule has 10 atom stereocenters. The lowest BCUT2D eigenvalue weighted by Crippen LogP contribution is -2.63. The molecule has 10 nitrogen and oxygen atoms in total. The lowest BCUT2D eigenvalue weighted by atomic mass is 9.97. The average molecular weight is 881 g/mol. The van der Waals surface area contributed by atoms with Gasteiger partial charge < -0.3 is 47.4 Å². The first-order valence-corrected chi connectivity index (χ1v) is 22.5. The number of benzene rings is 6. The monoisotopic (exact) mass is 880 g/mol. The maximum absolute atomic E-state index is 6.90. The molecule has 0 bridgehead atoms. The third-order valence-electron chi connectivity index (χ3n) is 11.7. The van der Waals surface area contributed by atoms with Gasteiger partial charge >= 0.3 is 0 Å². The van der Waals surface area contributed by atoms with Gasteiger partial charge in [0, 0.05) is 7.11 Å². The zero-order valence-electron chi connectivity index (χ0n) is 37.1. The Bertz CT molecular complexity index is 2200. The predicted molar refractivity (Wildman–Crippen MR) is 246 cm³/mol. The fourth-order valence-corrected chi connectivity index (χ4v) is 8.26. The molecular formula is C55H60O10.